The number of carbonyl (C=O) groups excluding carboxylic acids is 1. The van der Waals surface area contributed by atoms with Gasteiger partial charge in [-0.1, -0.05) is 11.6 Å². The number of amides is 1. The minimum atomic E-state index is -4.11. The predicted molar refractivity (Wildman–Crippen MR) is 90.7 cm³/mol. The molecule has 0 aliphatic carbocycles. The van der Waals surface area contributed by atoms with Gasteiger partial charge in [0.25, 0.3) is 0 Å². The van der Waals surface area contributed by atoms with E-state index in [1.54, 1.807) is 12.1 Å². The predicted octanol–water partition coefficient (Wildman–Crippen LogP) is 1.38. The van der Waals surface area contributed by atoms with Crippen LogP contribution in [0.5, 0.6) is 0 Å². The molecule has 0 unspecified atom stereocenters. The number of furan rings is 1. The number of anilines is 1. The second kappa shape index (κ2) is 8.51. The molecule has 0 bridgehead atoms. The highest BCUT2D eigenvalue weighted by Crippen LogP contribution is 2.28. The van der Waals surface area contributed by atoms with Crippen molar-refractivity contribution in [1.29, 1.82) is 0 Å². The number of hydrogen-bond acceptors (Lipinski definition) is 6. The third-order valence-corrected chi connectivity index (χ3v) is 4.02. The lowest BCUT2D eigenvalue weighted by molar-refractivity contribution is -0.115. The van der Waals surface area contributed by atoms with Gasteiger partial charge >= 0.3 is 5.97 Å². The monoisotopic (exact) mass is 389 g/mol. The number of sulfonamides is 1. The lowest BCUT2D eigenvalue weighted by Gasteiger charge is -2.11. The minimum Gasteiger partial charge on any atom is -0.478 e. The molecule has 0 spiro atoms. The van der Waals surface area contributed by atoms with Crippen molar-refractivity contribution < 1.29 is 27.5 Å². The van der Waals surface area contributed by atoms with Gasteiger partial charge in [-0.15, -0.1) is 0 Å². The first-order valence-electron chi connectivity index (χ1n) is 6.64. The molecule has 9 nitrogen and oxygen atoms in total. The summed E-state index contributed by atoms with van der Waals surface area (Å²) in [5, 5.41) is 16.8. The van der Waals surface area contributed by atoms with Crippen LogP contribution in [0, 0.1) is 0 Å². The van der Waals surface area contributed by atoms with E-state index < -0.39 is 20.9 Å². The molecule has 1 amide bonds. The Balaban J connectivity index is 0.000000705. The van der Waals surface area contributed by atoms with Gasteiger partial charge in [0, 0.05) is 6.92 Å². The van der Waals surface area contributed by atoms with E-state index in [4.69, 9.17) is 26.3 Å². The van der Waals surface area contributed by atoms with Gasteiger partial charge in [-0.05, 0) is 24.3 Å². The molecule has 0 saturated carbocycles. The first-order chi connectivity index (χ1) is 11.5. The van der Waals surface area contributed by atoms with Crippen LogP contribution < -0.4 is 16.2 Å². The van der Waals surface area contributed by atoms with Gasteiger partial charge in [0.05, 0.1) is 29.1 Å². The number of nitrogens with one attached hydrogen (secondary N) is 1. The summed E-state index contributed by atoms with van der Waals surface area (Å²) in [6, 6.07) is 5.51. The van der Waals surface area contributed by atoms with Gasteiger partial charge < -0.3 is 20.6 Å². The van der Waals surface area contributed by atoms with Gasteiger partial charge in [0.1, 0.15) is 10.7 Å². The zero-order valence-electron chi connectivity index (χ0n) is 13.0. The fourth-order valence-electron chi connectivity index (χ4n) is 1.69. The van der Waals surface area contributed by atoms with Crippen molar-refractivity contribution >= 4 is 39.2 Å². The summed E-state index contributed by atoms with van der Waals surface area (Å²) in [6.07, 6.45) is 1.48. The second-order valence-corrected chi connectivity index (χ2v) is 6.66. The third-order valence-electron chi connectivity index (χ3n) is 2.64. The topological polar surface area (TPSA) is 166 Å². The molecule has 2 aromatic rings. The van der Waals surface area contributed by atoms with Crippen molar-refractivity contribution in [3.63, 3.8) is 0 Å². The minimum absolute atomic E-state index is 0.163. The summed E-state index contributed by atoms with van der Waals surface area (Å²) < 4.78 is 27.8. The molecule has 136 valence electrons. The Labute approximate surface area is 148 Å². The second-order valence-electron chi connectivity index (χ2n) is 4.72. The smallest absolute Gasteiger partial charge is 0.337 e. The average molecular weight is 390 g/mol. The number of halogens is 1. The van der Waals surface area contributed by atoms with Crippen molar-refractivity contribution in [2.75, 3.05) is 5.32 Å². The Morgan fingerprint density at radius 3 is 2.40 bits per heavy atom. The largest absolute Gasteiger partial charge is 0.478 e. The van der Waals surface area contributed by atoms with Crippen LogP contribution in [0.15, 0.2) is 39.8 Å². The Bertz CT molecular complexity index is 861. The van der Waals surface area contributed by atoms with Crippen molar-refractivity contribution in [2.24, 2.45) is 10.9 Å². The van der Waals surface area contributed by atoms with E-state index in [2.05, 4.69) is 11.1 Å². The normalized spacial score (nSPS) is 10.5. The zero-order chi connectivity index (χ0) is 19.2. The Hall–Kier alpha value is -2.56. The lowest BCUT2D eigenvalue weighted by Crippen LogP contribution is -2.15. The fourth-order valence-corrected chi connectivity index (χ4v) is 2.79. The van der Waals surface area contributed by atoms with Crippen LogP contribution in [0.1, 0.15) is 23.0 Å². The van der Waals surface area contributed by atoms with Crippen LogP contribution in [0.4, 0.5) is 5.69 Å². The van der Waals surface area contributed by atoms with E-state index in [9.17, 15) is 18.0 Å². The van der Waals surface area contributed by atoms with E-state index >= 15 is 0 Å². The fraction of sp³-hybridized carbons (Fsp3) is 0.143. The number of benzene rings is 1. The summed E-state index contributed by atoms with van der Waals surface area (Å²) in [6.45, 7) is 1.53. The number of aromatic carboxylic acids is 1. The third kappa shape index (κ3) is 6.45. The molecule has 6 N–H and O–H groups in total. The SMILES string of the molecule is CC(N)=O.NS(=O)(=O)c1cc(C(=O)O)c(NCc2ccco2)cc1Cl. The molecule has 0 fully saturated rings. The summed E-state index contributed by atoms with van der Waals surface area (Å²) in [5.41, 5.74) is 4.38. The van der Waals surface area contributed by atoms with Crippen LogP contribution in [0.2, 0.25) is 5.02 Å². The molecule has 11 heteroatoms. The standard InChI is InChI=1S/C12H11ClN2O5S.C2H5NO/c13-9-5-10(15-6-7-2-1-3-20-7)8(12(16)17)4-11(9)21(14,18)19;1-2(3)4/h1-5,15H,6H2,(H,16,17)(H2,14,18,19);1H3,(H2,3,4). The van der Waals surface area contributed by atoms with Crippen molar-refractivity contribution in [3.8, 4) is 0 Å². The molecule has 0 radical (unpaired) electrons. The molecule has 0 saturated heterocycles. The number of carboxylic acid groups (broad SMARTS) is 1. The average Bonchev–Trinajstić information content (AvgIpc) is 2.96. The highest BCUT2D eigenvalue weighted by molar-refractivity contribution is 7.89. The van der Waals surface area contributed by atoms with E-state index in [0.29, 0.717) is 5.76 Å². The number of primary sulfonamides is 1. The van der Waals surface area contributed by atoms with Gasteiger partial charge in [-0.2, -0.15) is 0 Å². The maximum atomic E-state index is 11.3. The van der Waals surface area contributed by atoms with Crippen LogP contribution >= 0.6 is 11.6 Å². The highest BCUT2D eigenvalue weighted by Gasteiger charge is 2.20. The van der Waals surface area contributed by atoms with Crippen LogP contribution in [0.3, 0.4) is 0 Å². The Morgan fingerprint density at radius 2 is 1.96 bits per heavy atom. The van der Waals surface area contributed by atoms with Crippen molar-refractivity contribution in [2.45, 2.75) is 18.4 Å². The molecule has 0 atom stereocenters. The summed E-state index contributed by atoms with van der Waals surface area (Å²) in [4.78, 5) is 20.0. The Morgan fingerprint density at radius 1 is 1.36 bits per heavy atom. The number of carbonyl (C=O) groups is 2. The first kappa shape index (κ1) is 20.5. The van der Waals surface area contributed by atoms with Gasteiger partial charge in [0.15, 0.2) is 0 Å². The lowest BCUT2D eigenvalue weighted by atomic mass is 10.1. The molecule has 1 aromatic heterocycles. The maximum absolute atomic E-state index is 11.3. The maximum Gasteiger partial charge on any atom is 0.337 e. The van der Waals surface area contributed by atoms with E-state index in [0.717, 1.165) is 6.07 Å². The van der Waals surface area contributed by atoms with Crippen molar-refractivity contribution in [1.82, 2.24) is 0 Å². The van der Waals surface area contributed by atoms with Crippen LogP contribution in [-0.4, -0.2) is 25.4 Å². The van der Waals surface area contributed by atoms with E-state index in [1.165, 1.54) is 19.3 Å². The van der Waals surface area contributed by atoms with Gasteiger partial charge in [-0.3, -0.25) is 4.79 Å². The number of rotatable bonds is 5. The molecule has 0 aliphatic rings. The summed E-state index contributed by atoms with van der Waals surface area (Å²) in [7, 11) is -4.11. The molecular weight excluding hydrogens is 374 g/mol. The van der Waals surface area contributed by atoms with Crippen molar-refractivity contribution in [3.05, 3.63) is 46.9 Å². The first-order valence-corrected chi connectivity index (χ1v) is 8.56. The van der Waals surface area contributed by atoms with E-state index in [1.807, 2.05) is 0 Å². The molecule has 2 rings (SSSR count). The number of nitrogens with two attached hydrogens (primary N) is 2. The Kier molecular flexibility index (Phi) is 6.97. The summed E-state index contributed by atoms with van der Waals surface area (Å²) >= 11 is 5.84. The van der Waals surface area contributed by atoms with Crippen LogP contribution in [0.25, 0.3) is 0 Å². The zero-order valence-corrected chi connectivity index (χ0v) is 14.6. The molecule has 1 aromatic carbocycles. The summed E-state index contributed by atoms with van der Waals surface area (Å²) in [5.74, 6) is -1.06. The molecule has 0 aliphatic heterocycles. The van der Waals surface area contributed by atoms with Gasteiger partial charge in [-0.25, -0.2) is 18.4 Å². The molecule has 25 heavy (non-hydrogen) atoms. The highest BCUT2D eigenvalue weighted by atomic mass is 35.5. The van der Waals surface area contributed by atoms with E-state index in [-0.39, 0.29) is 28.7 Å². The van der Waals surface area contributed by atoms with Crippen LogP contribution in [-0.2, 0) is 21.4 Å². The number of hydrogen-bond donors (Lipinski definition) is 4. The quantitative estimate of drug-likeness (QED) is 0.599. The molecular formula is C14H16ClN3O6S. The molecule has 1 heterocycles. The number of primary amides is 1. The number of carboxylic acids is 1. The van der Waals surface area contributed by atoms with Gasteiger partial charge in [0.2, 0.25) is 15.9 Å².